The summed E-state index contributed by atoms with van der Waals surface area (Å²) in [6.07, 6.45) is -0.214. The zero-order valence-electron chi connectivity index (χ0n) is 15.2. The molecule has 0 radical (unpaired) electrons. The van der Waals surface area contributed by atoms with Gasteiger partial charge in [0.25, 0.3) is 5.91 Å². The molecule has 1 heterocycles. The third kappa shape index (κ3) is 3.69. The molecule has 0 aliphatic carbocycles. The first-order chi connectivity index (χ1) is 12.7. The molecule has 6 nitrogen and oxygen atoms in total. The van der Waals surface area contributed by atoms with Gasteiger partial charge in [-0.15, -0.1) is 0 Å². The highest BCUT2D eigenvalue weighted by molar-refractivity contribution is 5.95. The second kappa shape index (κ2) is 7.99. The van der Waals surface area contributed by atoms with E-state index in [2.05, 4.69) is 0 Å². The van der Waals surface area contributed by atoms with Gasteiger partial charge in [0.2, 0.25) is 0 Å². The maximum atomic E-state index is 12.9. The highest BCUT2D eigenvalue weighted by atomic mass is 16.6. The lowest BCUT2D eigenvalue weighted by atomic mass is 10.1. The molecule has 1 aliphatic heterocycles. The molecule has 3 rings (SSSR count). The van der Waals surface area contributed by atoms with E-state index in [-0.39, 0.29) is 12.0 Å². The highest BCUT2D eigenvalue weighted by Crippen LogP contribution is 2.31. The third-order valence-electron chi connectivity index (χ3n) is 4.29. The SMILES string of the molecule is CCN(CC1COc2ccccc2O1)C(=O)c1ccc(OC)c(OC)c1. The monoisotopic (exact) mass is 357 g/mol. The Bertz CT molecular complexity index is 777. The molecule has 0 fully saturated rings. The Kier molecular flexibility index (Phi) is 5.51. The van der Waals surface area contributed by atoms with Crippen LogP contribution in [-0.4, -0.2) is 50.8 Å². The standard InChI is InChI=1S/C20H23NO5/c1-4-21(12-15-13-25-17-7-5-6-8-18(17)26-15)20(22)14-9-10-16(23-2)19(11-14)24-3/h5-11,15H,4,12-13H2,1-3H3. The molecular weight excluding hydrogens is 334 g/mol. The van der Waals surface area contributed by atoms with Crippen LogP contribution in [0.3, 0.4) is 0 Å². The number of rotatable bonds is 6. The minimum atomic E-state index is -0.214. The van der Waals surface area contributed by atoms with Gasteiger partial charge in [0.1, 0.15) is 6.61 Å². The van der Waals surface area contributed by atoms with Crippen molar-refractivity contribution in [1.29, 1.82) is 0 Å². The van der Waals surface area contributed by atoms with Crippen LogP contribution in [0.15, 0.2) is 42.5 Å². The summed E-state index contributed by atoms with van der Waals surface area (Å²) in [5.74, 6) is 2.47. The van der Waals surface area contributed by atoms with Gasteiger partial charge in [-0.05, 0) is 37.3 Å². The van der Waals surface area contributed by atoms with Crippen molar-refractivity contribution in [2.24, 2.45) is 0 Å². The van der Waals surface area contributed by atoms with Crippen LogP contribution in [0.1, 0.15) is 17.3 Å². The Hall–Kier alpha value is -2.89. The number of ether oxygens (including phenoxy) is 4. The van der Waals surface area contributed by atoms with Crippen LogP contribution in [0.2, 0.25) is 0 Å². The number of hydrogen-bond acceptors (Lipinski definition) is 5. The second-order valence-corrected chi connectivity index (χ2v) is 5.91. The second-order valence-electron chi connectivity index (χ2n) is 5.91. The van der Waals surface area contributed by atoms with Gasteiger partial charge in [0, 0.05) is 12.1 Å². The predicted molar refractivity (Wildman–Crippen MR) is 97.5 cm³/mol. The van der Waals surface area contributed by atoms with E-state index in [0.29, 0.717) is 42.5 Å². The lowest BCUT2D eigenvalue weighted by Crippen LogP contribution is -2.43. The lowest BCUT2D eigenvalue weighted by Gasteiger charge is -2.31. The van der Waals surface area contributed by atoms with E-state index in [1.54, 1.807) is 37.3 Å². The number of methoxy groups -OCH3 is 2. The number of carbonyl (C=O) groups is 1. The molecule has 0 saturated carbocycles. The van der Waals surface area contributed by atoms with Gasteiger partial charge in [-0.1, -0.05) is 12.1 Å². The highest BCUT2D eigenvalue weighted by Gasteiger charge is 2.25. The lowest BCUT2D eigenvalue weighted by molar-refractivity contribution is 0.0474. The number of fused-ring (bicyclic) bond motifs is 1. The summed E-state index contributed by atoms with van der Waals surface area (Å²) >= 11 is 0. The van der Waals surface area contributed by atoms with Gasteiger partial charge in [-0.25, -0.2) is 0 Å². The van der Waals surface area contributed by atoms with Crippen LogP contribution in [0.5, 0.6) is 23.0 Å². The van der Waals surface area contributed by atoms with Crippen molar-refractivity contribution in [3.8, 4) is 23.0 Å². The Morgan fingerprint density at radius 3 is 2.54 bits per heavy atom. The van der Waals surface area contributed by atoms with Crippen LogP contribution < -0.4 is 18.9 Å². The molecular formula is C20H23NO5. The summed E-state index contributed by atoms with van der Waals surface area (Å²) in [6, 6.07) is 12.7. The maximum Gasteiger partial charge on any atom is 0.254 e. The molecule has 6 heteroatoms. The first-order valence-corrected chi connectivity index (χ1v) is 8.56. The zero-order valence-corrected chi connectivity index (χ0v) is 15.2. The smallest absolute Gasteiger partial charge is 0.254 e. The summed E-state index contributed by atoms with van der Waals surface area (Å²) in [5, 5.41) is 0. The molecule has 2 aromatic carbocycles. The first kappa shape index (κ1) is 17.9. The number of likely N-dealkylation sites (N-methyl/N-ethyl adjacent to an activating group) is 1. The third-order valence-corrected chi connectivity index (χ3v) is 4.29. The molecule has 1 aliphatic rings. The molecule has 138 valence electrons. The van der Waals surface area contributed by atoms with Crippen molar-refractivity contribution in [1.82, 2.24) is 4.90 Å². The fourth-order valence-electron chi connectivity index (χ4n) is 2.91. The molecule has 0 bridgehead atoms. The van der Waals surface area contributed by atoms with Crippen molar-refractivity contribution in [3.05, 3.63) is 48.0 Å². The quantitative estimate of drug-likeness (QED) is 0.795. The summed E-state index contributed by atoms with van der Waals surface area (Å²) < 4.78 is 22.2. The van der Waals surface area contributed by atoms with Gasteiger partial charge in [-0.2, -0.15) is 0 Å². The number of benzene rings is 2. The van der Waals surface area contributed by atoms with Gasteiger partial charge < -0.3 is 23.8 Å². The fourth-order valence-corrected chi connectivity index (χ4v) is 2.91. The van der Waals surface area contributed by atoms with Crippen LogP contribution in [0, 0.1) is 0 Å². The van der Waals surface area contributed by atoms with Gasteiger partial charge >= 0.3 is 0 Å². The zero-order chi connectivity index (χ0) is 18.5. The number of para-hydroxylation sites is 2. The average Bonchev–Trinajstić information content (AvgIpc) is 2.70. The molecule has 1 amide bonds. The summed E-state index contributed by atoms with van der Waals surface area (Å²) in [6.45, 7) is 3.36. The van der Waals surface area contributed by atoms with Crippen LogP contribution in [0.4, 0.5) is 0 Å². The summed E-state index contributed by atoms with van der Waals surface area (Å²) in [4.78, 5) is 14.6. The maximum absolute atomic E-state index is 12.9. The van der Waals surface area contributed by atoms with Gasteiger partial charge in [0.15, 0.2) is 29.1 Å². The van der Waals surface area contributed by atoms with Crippen molar-refractivity contribution >= 4 is 5.91 Å². The van der Waals surface area contributed by atoms with Crippen LogP contribution in [-0.2, 0) is 0 Å². The van der Waals surface area contributed by atoms with Crippen molar-refractivity contribution in [2.45, 2.75) is 13.0 Å². The summed E-state index contributed by atoms with van der Waals surface area (Å²) in [5.41, 5.74) is 0.543. The average molecular weight is 357 g/mol. The molecule has 0 saturated heterocycles. The molecule has 0 N–H and O–H groups in total. The van der Waals surface area contributed by atoms with E-state index in [4.69, 9.17) is 18.9 Å². The van der Waals surface area contributed by atoms with E-state index in [1.165, 1.54) is 0 Å². The Balaban J connectivity index is 1.72. The van der Waals surface area contributed by atoms with E-state index in [0.717, 1.165) is 5.75 Å². The first-order valence-electron chi connectivity index (χ1n) is 8.56. The number of amides is 1. The number of carbonyl (C=O) groups excluding carboxylic acids is 1. The molecule has 26 heavy (non-hydrogen) atoms. The Morgan fingerprint density at radius 2 is 1.85 bits per heavy atom. The molecule has 1 unspecified atom stereocenters. The largest absolute Gasteiger partial charge is 0.493 e. The van der Waals surface area contributed by atoms with Crippen LogP contribution in [0.25, 0.3) is 0 Å². The molecule has 1 atom stereocenters. The van der Waals surface area contributed by atoms with E-state index < -0.39 is 0 Å². The topological polar surface area (TPSA) is 57.2 Å². The van der Waals surface area contributed by atoms with Crippen LogP contribution >= 0.6 is 0 Å². The van der Waals surface area contributed by atoms with E-state index in [9.17, 15) is 4.79 Å². The summed E-state index contributed by atoms with van der Waals surface area (Å²) in [7, 11) is 3.12. The van der Waals surface area contributed by atoms with Crippen molar-refractivity contribution < 1.29 is 23.7 Å². The number of hydrogen-bond donors (Lipinski definition) is 0. The number of nitrogens with zero attached hydrogens (tertiary/aromatic N) is 1. The van der Waals surface area contributed by atoms with Gasteiger partial charge in [0.05, 0.1) is 20.8 Å². The fraction of sp³-hybridized carbons (Fsp3) is 0.350. The minimum absolute atomic E-state index is 0.0871. The normalized spacial score (nSPS) is 15.3. The van der Waals surface area contributed by atoms with Crippen molar-refractivity contribution in [3.63, 3.8) is 0 Å². The minimum Gasteiger partial charge on any atom is -0.493 e. The molecule has 0 spiro atoms. The van der Waals surface area contributed by atoms with E-state index in [1.807, 2.05) is 31.2 Å². The van der Waals surface area contributed by atoms with E-state index >= 15 is 0 Å². The van der Waals surface area contributed by atoms with Crippen molar-refractivity contribution in [2.75, 3.05) is 33.9 Å². The molecule has 2 aromatic rings. The Morgan fingerprint density at radius 1 is 1.12 bits per heavy atom. The van der Waals surface area contributed by atoms with Gasteiger partial charge in [-0.3, -0.25) is 4.79 Å². The predicted octanol–water partition coefficient (Wildman–Crippen LogP) is 3.01. The molecule has 0 aromatic heterocycles. The Labute approximate surface area is 153 Å².